The lowest BCUT2D eigenvalue weighted by Crippen LogP contribution is -2.36. The molecule has 0 unspecified atom stereocenters. The van der Waals surface area contributed by atoms with Gasteiger partial charge in [0.25, 0.3) is 5.91 Å². The fraction of sp³-hybridized carbons (Fsp3) is 0.300. The van der Waals surface area contributed by atoms with E-state index in [1.807, 2.05) is 31.2 Å². The van der Waals surface area contributed by atoms with Gasteiger partial charge in [0.05, 0.1) is 0 Å². The van der Waals surface area contributed by atoms with Crippen LogP contribution in [0.2, 0.25) is 0 Å². The van der Waals surface area contributed by atoms with E-state index in [2.05, 4.69) is 52.1 Å². The Kier molecular flexibility index (Phi) is 9.72. The number of amides is 1. The third-order valence-corrected chi connectivity index (χ3v) is 3.78. The number of carbonyl (C=O) groups excluding carboxylic acids is 1. The highest BCUT2D eigenvalue weighted by molar-refractivity contribution is 14.0. The summed E-state index contributed by atoms with van der Waals surface area (Å²) in [5.41, 5.74) is 4.22. The summed E-state index contributed by atoms with van der Waals surface area (Å²) < 4.78 is 0. The minimum Gasteiger partial charge on any atom is -0.352 e. The van der Waals surface area contributed by atoms with Crippen LogP contribution in [-0.4, -0.2) is 25.5 Å². The van der Waals surface area contributed by atoms with E-state index in [-0.39, 0.29) is 29.9 Å². The van der Waals surface area contributed by atoms with Crippen LogP contribution in [0.4, 0.5) is 0 Å². The quantitative estimate of drug-likeness (QED) is 0.348. The second kappa shape index (κ2) is 11.5. The number of hydrogen-bond acceptors (Lipinski definition) is 2. The first-order valence-electron chi connectivity index (χ1n) is 8.49. The molecule has 0 fully saturated rings. The van der Waals surface area contributed by atoms with E-state index in [4.69, 9.17) is 0 Å². The lowest BCUT2D eigenvalue weighted by atomic mass is 10.1. The van der Waals surface area contributed by atoms with Gasteiger partial charge in [0.15, 0.2) is 5.96 Å². The molecule has 0 aliphatic rings. The van der Waals surface area contributed by atoms with Crippen molar-refractivity contribution >= 4 is 35.8 Å². The zero-order valence-electron chi connectivity index (χ0n) is 15.5. The minimum absolute atomic E-state index is 0. The highest BCUT2D eigenvalue weighted by atomic mass is 127. The average Bonchev–Trinajstić information content (AvgIpc) is 2.62. The van der Waals surface area contributed by atoms with Crippen LogP contribution in [0.3, 0.4) is 0 Å². The van der Waals surface area contributed by atoms with Crippen LogP contribution in [0.1, 0.15) is 34.0 Å². The highest BCUT2D eigenvalue weighted by Crippen LogP contribution is 2.05. The number of aliphatic imine (C=N–C) groups is 1. The molecule has 0 radical (unpaired) electrons. The second-order valence-corrected chi connectivity index (χ2v) is 5.82. The van der Waals surface area contributed by atoms with Crippen LogP contribution in [0.15, 0.2) is 53.5 Å². The molecular weight excluding hydrogens is 439 g/mol. The van der Waals surface area contributed by atoms with E-state index in [1.54, 1.807) is 7.05 Å². The molecule has 0 atom stereocenters. The largest absolute Gasteiger partial charge is 0.352 e. The van der Waals surface area contributed by atoms with Gasteiger partial charge < -0.3 is 16.0 Å². The van der Waals surface area contributed by atoms with Crippen LogP contribution in [0.25, 0.3) is 0 Å². The van der Waals surface area contributed by atoms with Crippen molar-refractivity contribution in [2.45, 2.75) is 26.9 Å². The summed E-state index contributed by atoms with van der Waals surface area (Å²) in [5, 5.41) is 9.38. The maximum Gasteiger partial charge on any atom is 0.251 e. The van der Waals surface area contributed by atoms with Crippen LogP contribution in [0, 0.1) is 6.92 Å². The lowest BCUT2D eigenvalue weighted by Gasteiger charge is -2.12. The first-order valence-corrected chi connectivity index (χ1v) is 8.49. The summed E-state index contributed by atoms with van der Waals surface area (Å²) in [5.74, 6) is 0.701. The molecule has 3 N–H and O–H groups in total. The van der Waals surface area contributed by atoms with Gasteiger partial charge in [-0.2, -0.15) is 0 Å². The Morgan fingerprint density at radius 2 is 1.62 bits per heavy atom. The third kappa shape index (κ3) is 7.03. The van der Waals surface area contributed by atoms with Crippen LogP contribution >= 0.6 is 24.0 Å². The minimum atomic E-state index is -0.0439. The summed E-state index contributed by atoms with van der Waals surface area (Å²) >= 11 is 0. The Morgan fingerprint density at radius 1 is 0.962 bits per heavy atom. The second-order valence-electron chi connectivity index (χ2n) is 5.82. The van der Waals surface area contributed by atoms with E-state index in [9.17, 15) is 4.79 Å². The number of nitrogens with zero attached hydrogens (tertiary/aromatic N) is 1. The predicted octanol–water partition coefficient (Wildman–Crippen LogP) is 3.23. The van der Waals surface area contributed by atoms with Crippen molar-refractivity contribution in [1.29, 1.82) is 0 Å². The number of carbonyl (C=O) groups is 1. The molecule has 0 heterocycles. The Labute approximate surface area is 172 Å². The normalized spacial score (nSPS) is 10.7. The Morgan fingerprint density at radius 3 is 2.19 bits per heavy atom. The summed E-state index contributed by atoms with van der Waals surface area (Å²) in [4.78, 5) is 16.0. The maximum atomic E-state index is 11.8. The number of benzene rings is 2. The number of rotatable bonds is 6. The van der Waals surface area contributed by atoms with Crippen molar-refractivity contribution in [3.63, 3.8) is 0 Å². The molecule has 140 valence electrons. The van der Waals surface area contributed by atoms with E-state index in [0.29, 0.717) is 18.7 Å². The van der Waals surface area contributed by atoms with Gasteiger partial charge in [0.1, 0.15) is 0 Å². The first-order chi connectivity index (χ1) is 12.1. The number of nitrogens with one attached hydrogen (secondary N) is 3. The molecule has 0 spiro atoms. The van der Waals surface area contributed by atoms with Crippen molar-refractivity contribution in [2.75, 3.05) is 13.6 Å². The van der Waals surface area contributed by atoms with Gasteiger partial charge in [-0.15, -0.1) is 24.0 Å². The molecule has 2 aromatic rings. The summed E-state index contributed by atoms with van der Waals surface area (Å²) in [6.07, 6.45) is 0. The molecule has 26 heavy (non-hydrogen) atoms. The van der Waals surface area contributed by atoms with Crippen LogP contribution in [-0.2, 0) is 13.1 Å². The molecule has 1 amide bonds. The zero-order chi connectivity index (χ0) is 18.1. The number of hydrogen-bond donors (Lipinski definition) is 3. The van der Waals surface area contributed by atoms with Crippen molar-refractivity contribution < 1.29 is 4.79 Å². The van der Waals surface area contributed by atoms with E-state index in [0.717, 1.165) is 18.1 Å². The van der Waals surface area contributed by atoms with Crippen LogP contribution in [0.5, 0.6) is 0 Å². The Bertz CT molecular complexity index is 729. The molecule has 0 aliphatic carbocycles. The molecule has 0 saturated carbocycles. The predicted molar refractivity (Wildman–Crippen MR) is 118 cm³/mol. The topological polar surface area (TPSA) is 65.5 Å². The van der Waals surface area contributed by atoms with Crippen molar-refractivity contribution in [1.82, 2.24) is 16.0 Å². The fourth-order valence-electron chi connectivity index (χ4n) is 2.45. The SMILES string of the molecule is CCNC(=O)c1ccc(CNC(=NC)NCc2cccc(C)c2)cc1.I. The number of guanidine groups is 1. The molecule has 0 saturated heterocycles. The van der Waals surface area contributed by atoms with Gasteiger partial charge >= 0.3 is 0 Å². The highest BCUT2D eigenvalue weighted by Gasteiger charge is 2.04. The molecule has 0 bridgehead atoms. The Balaban J connectivity index is 0.00000338. The molecule has 2 aromatic carbocycles. The monoisotopic (exact) mass is 466 g/mol. The first kappa shape index (κ1) is 22.0. The zero-order valence-corrected chi connectivity index (χ0v) is 17.8. The molecule has 0 aromatic heterocycles. The number of halogens is 1. The molecule has 6 heteroatoms. The summed E-state index contributed by atoms with van der Waals surface area (Å²) in [6, 6.07) is 16.0. The van der Waals surface area contributed by atoms with Crippen molar-refractivity contribution in [3.05, 3.63) is 70.8 Å². The van der Waals surface area contributed by atoms with Crippen molar-refractivity contribution in [2.24, 2.45) is 4.99 Å². The van der Waals surface area contributed by atoms with Gasteiger partial charge in [-0.1, -0.05) is 42.0 Å². The standard InChI is InChI=1S/C20H26N4O.HI/c1-4-22-19(25)18-10-8-16(9-11-18)13-23-20(21-3)24-14-17-7-5-6-15(2)12-17;/h5-12H,4,13-14H2,1-3H3,(H,22,25)(H2,21,23,24);1H. The molecule has 2 rings (SSSR count). The van der Waals surface area contributed by atoms with Gasteiger partial charge in [0, 0.05) is 32.2 Å². The fourth-order valence-corrected chi connectivity index (χ4v) is 2.45. The molecule has 5 nitrogen and oxygen atoms in total. The van der Waals surface area contributed by atoms with E-state index >= 15 is 0 Å². The Hall–Kier alpha value is -2.09. The van der Waals surface area contributed by atoms with Gasteiger partial charge in [-0.25, -0.2) is 0 Å². The van der Waals surface area contributed by atoms with Crippen LogP contribution < -0.4 is 16.0 Å². The smallest absolute Gasteiger partial charge is 0.251 e. The lowest BCUT2D eigenvalue weighted by molar-refractivity contribution is 0.0956. The summed E-state index contributed by atoms with van der Waals surface area (Å²) in [6.45, 7) is 5.98. The van der Waals surface area contributed by atoms with E-state index in [1.165, 1.54) is 11.1 Å². The van der Waals surface area contributed by atoms with E-state index < -0.39 is 0 Å². The maximum absolute atomic E-state index is 11.8. The van der Waals surface area contributed by atoms with Gasteiger partial charge in [-0.05, 0) is 37.1 Å². The molecular formula is C20H27IN4O. The van der Waals surface area contributed by atoms with Gasteiger partial charge in [-0.3, -0.25) is 9.79 Å². The van der Waals surface area contributed by atoms with Gasteiger partial charge in [0.2, 0.25) is 0 Å². The van der Waals surface area contributed by atoms with Crippen molar-refractivity contribution in [3.8, 4) is 0 Å². The molecule has 0 aliphatic heterocycles. The number of aryl methyl sites for hydroxylation is 1. The summed E-state index contributed by atoms with van der Waals surface area (Å²) in [7, 11) is 1.75. The average molecular weight is 466 g/mol. The third-order valence-electron chi connectivity index (χ3n) is 3.78.